The minimum absolute atomic E-state index is 0.134. The molecule has 2 aromatic rings. The molecule has 0 spiro atoms. The molecule has 2 aliphatic heterocycles. The molecule has 2 saturated heterocycles. The van der Waals surface area contributed by atoms with Crippen molar-refractivity contribution in [3.63, 3.8) is 0 Å². The molecule has 2 aliphatic rings. The van der Waals surface area contributed by atoms with Crippen LogP contribution in [0, 0.1) is 0 Å². The van der Waals surface area contributed by atoms with E-state index in [2.05, 4.69) is 4.90 Å². The van der Waals surface area contributed by atoms with Gasteiger partial charge in [0.15, 0.2) is 0 Å². The number of aliphatic hydroxyl groups excluding tert-OH is 1. The molecule has 30 heavy (non-hydrogen) atoms. The van der Waals surface area contributed by atoms with Crippen LogP contribution in [-0.2, 0) is 14.3 Å². The highest BCUT2D eigenvalue weighted by Crippen LogP contribution is 2.41. The third kappa shape index (κ3) is 3.98. The van der Waals surface area contributed by atoms with Crippen molar-refractivity contribution in [2.75, 3.05) is 46.5 Å². The van der Waals surface area contributed by atoms with E-state index in [9.17, 15) is 14.7 Å². The van der Waals surface area contributed by atoms with Crippen LogP contribution in [0.5, 0.6) is 5.75 Å². The average Bonchev–Trinajstić information content (AvgIpc) is 3.40. The Morgan fingerprint density at radius 2 is 1.90 bits per heavy atom. The maximum atomic E-state index is 12.9. The van der Waals surface area contributed by atoms with Crippen LogP contribution >= 0.6 is 11.3 Å². The van der Waals surface area contributed by atoms with Crippen molar-refractivity contribution < 1.29 is 24.2 Å². The first-order valence-electron chi connectivity index (χ1n) is 9.86. The van der Waals surface area contributed by atoms with E-state index in [4.69, 9.17) is 9.47 Å². The Balaban J connectivity index is 1.67. The molecule has 1 N–H and O–H groups in total. The number of likely N-dealkylation sites (tertiary alicyclic amines) is 1. The van der Waals surface area contributed by atoms with Crippen molar-refractivity contribution in [1.29, 1.82) is 0 Å². The summed E-state index contributed by atoms with van der Waals surface area (Å²) in [6, 6.07) is 9.97. The van der Waals surface area contributed by atoms with Crippen molar-refractivity contribution >= 4 is 28.8 Å². The minimum atomic E-state index is -0.649. The summed E-state index contributed by atoms with van der Waals surface area (Å²) < 4.78 is 10.5. The maximum Gasteiger partial charge on any atom is 0.295 e. The molecule has 0 bridgehead atoms. The van der Waals surface area contributed by atoms with Crippen LogP contribution in [0.15, 0.2) is 47.4 Å². The summed E-state index contributed by atoms with van der Waals surface area (Å²) >= 11 is 1.47. The first-order chi connectivity index (χ1) is 14.6. The average molecular weight is 429 g/mol. The number of Topliss-reactive ketones (excluding diaryl/α,β-unsaturated/α-hetero) is 1. The molecule has 7 nitrogen and oxygen atoms in total. The molecule has 1 amide bonds. The van der Waals surface area contributed by atoms with E-state index in [1.54, 1.807) is 36.3 Å². The molecule has 2 fully saturated rings. The Hall–Kier alpha value is -2.68. The van der Waals surface area contributed by atoms with Crippen molar-refractivity contribution in [2.24, 2.45) is 0 Å². The van der Waals surface area contributed by atoms with E-state index in [1.807, 2.05) is 17.5 Å². The van der Waals surface area contributed by atoms with Crippen LogP contribution in [0.1, 0.15) is 16.5 Å². The monoisotopic (exact) mass is 428 g/mol. The number of thiophene rings is 1. The van der Waals surface area contributed by atoms with Crippen molar-refractivity contribution in [2.45, 2.75) is 6.04 Å². The standard InChI is InChI=1S/C22H24N2O5S/c1-28-16-6-4-15(5-7-16)20(25)18-19(17-3-2-14-30-17)24(22(27)21(18)26)9-8-23-10-12-29-13-11-23/h2-7,14,19,25H,8-13H2,1H3/t19-/m1/s1. The largest absolute Gasteiger partial charge is 0.507 e. The number of carbonyl (C=O) groups excluding carboxylic acids is 2. The molecule has 3 heterocycles. The first kappa shape index (κ1) is 20.6. The number of morpholine rings is 1. The van der Waals surface area contributed by atoms with E-state index in [0.717, 1.165) is 18.0 Å². The van der Waals surface area contributed by atoms with Crippen molar-refractivity contribution in [3.8, 4) is 5.75 Å². The van der Waals surface area contributed by atoms with Gasteiger partial charge >= 0.3 is 0 Å². The molecule has 1 atom stereocenters. The highest BCUT2D eigenvalue weighted by Gasteiger charge is 2.46. The quantitative estimate of drug-likeness (QED) is 0.433. The second kappa shape index (κ2) is 8.99. The molecule has 0 aliphatic carbocycles. The summed E-state index contributed by atoms with van der Waals surface area (Å²) in [5.74, 6) is -0.740. The highest BCUT2D eigenvalue weighted by molar-refractivity contribution is 7.10. The number of rotatable bonds is 6. The third-order valence-electron chi connectivity index (χ3n) is 5.48. The number of benzene rings is 1. The summed E-state index contributed by atoms with van der Waals surface area (Å²) in [5, 5.41) is 12.9. The van der Waals surface area contributed by atoms with Gasteiger partial charge in [0, 0.05) is 36.6 Å². The lowest BCUT2D eigenvalue weighted by Gasteiger charge is -2.30. The normalized spacial score (nSPS) is 21.9. The predicted octanol–water partition coefficient (Wildman–Crippen LogP) is 2.51. The summed E-state index contributed by atoms with van der Waals surface area (Å²) in [6.45, 7) is 4.02. The number of nitrogens with zero attached hydrogens (tertiary/aromatic N) is 2. The van der Waals surface area contributed by atoms with Gasteiger partial charge in [0.1, 0.15) is 11.5 Å². The number of hydrogen-bond donors (Lipinski definition) is 1. The van der Waals surface area contributed by atoms with Gasteiger partial charge in [-0.3, -0.25) is 14.5 Å². The zero-order chi connectivity index (χ0) is 21.1. The van der Waals surface area contributed by atoms with Crippen LogP contribution < -0.4 is 4.74 Å². The molecule has 158 valence electrons. The molecule has 4 rings (SSSR count). The lowest BCUT2D eigenvalue weighted by molar-refractivity contribution is -0.140. The number of amides is 1. The van der Waals surface area contributed by atoms with Crippen molar-refractivity contribution in [3.05, 3.63) is 57.8 Å². The van der Waals surface area contributed by atoms with Gasteiger partial charge in [0.2, 0.25) is 0 Å². The second-order valence-corrected chi connectivity index (χ2v) is 8.17. The van der Waals surface area contributed by atoms with E-state index >= 15 is 0 Å². The number of ether oxygens (including phenoxy) is 2. The topological polar surface area (TPSA) is 79.3 Å². The van der Waals surface area contributed by atoms with Gasteiger partial charge in [-0.15, -0.1) is 11.3 Å². The number of carbonyl (C=O) groups is 2. The smallest absolute Gasteiger partial charge is 0.295 e. The SMILES string of the molecule is COc1ccc(C(O)=C2C(=O)C(=O)N(CCN3CCOCC3)[C@@H]2c2cccs2)cc1. The Bertz CT molecular complexity index is 933. The van der Waals surface area contributed by atoms with E-state index < -0.39 is 17.7 Å². The number of ketones is 1. The third-order valence-corrected chi connectivity index (χ3v) is 6.40. The Morgan fingerprint density at radius 1 is 1.17 bits per heavy atom. The van der Waals surface area contributed by atoms with Crippen LogP contribution in [0.3, 0.4) is 0 Å². The van der Waals surface area contributed by atoms with Gasteiger partial charge in [-0.2, -0.15) is 0 Å². The lowest BCUT2D eigenvalue weighted by atomic mass is 10.00. The van der Waals surface area contributed by atoms with Gasteiger partial charge in [0.05, 0.1) is 31.9 Å². The lowest BCUT2D eigenvalue weighted by Crippen LogP contribution is -2.42. The van der Waals surface area contributed by atoms with Gasteiger partial charge < -0.3 is 19.5 Å². The van der Waals surface area contributed by atoms with Crippen LogP contribution in [0.25, 0.3) is 5.76 Å². The van der Waals surface area contributed by atoms with Crippen LogP contribution in [0.2, 0.25) is 0 Å². The summed E-state index contributed by atoms with van der Waals surface area (Å²) in [6.07, 6.45) is 0. The highest BCUT2D eigenvalue weighted by atomic mass is 32.1. The molecule has 0 saturated carbocycles. The molecule has 0 unspecified atom stereocenters. The fourth-order valence-corrected chi connectivity index (χ4v) is 4.68. The summed E-state index contributed by atoms with van der Waals surface area (Å²) in [4.78, 5) is 30.5. The molecule has 8 heteroatoms. The van der Waals surface area contributed by atoms with Gasteiger partial charge in [-0.1, -0.05) is 6.07 Å². The van der Waals surface area contributed by atoms with Crippen LogP contribution in [0.4, 0.5) is 0 Å². The fourth-order valence-electron chi connectivity index (χ4n) is 3.83. The zero-order valence-corrected chi connectivity index (χ0v) is 17.6. The molecular weight excluding hydrogens is 404 g/mol. The fraction of sp³-hybridized carbons (Fsp3) is 0.364. The van der Waals surface area contributed by atoms with E-state index in [1.165, 1.54) is 11.3 Å². The summed E-state index contributed by atoms with van der Waals surface area (Å²) in [7, 11) is 1.56. The number of aliphatic hydroxyl groups is 1. The van der Waals surface area contributed by atoms with Gasteiger partial charge in [-0.05, 0) is 35.7 Å². The molecule has 1 aromatic carbocycles. The van der Waals surface area contributed by atoms with Crippen LogP contribution in [-0.4, -0.2) is 73.1 Å². The minimum Gasteiger partial charge on any atom is -0.507 e. The second-order valence-electron chi connectivity index (χ2n) is 7.19. The Labute approximate surface area is 179 Å². The first-order valence-corrected chi connectivity index (χ1v) is 10.7. The van der Waals surface area contributed by atoms with Crippen molar-refractivity contribution in [1.82, 2.24) is 9.80 Å². The predicted molar refractivity (Wildman–Crippen MR) is 114 cm³/mol. The molecule has 0 radical (unpaired) electrons. The molecular formula is C22H24N2O5S. The molecule has 1 aromatic heterocycles. The maximum absolute atomic E-state index is 12.9. The summed E-state index contributed by atoms with van der Waals surface area (Å²) in [5.41, 5.74) is 0.609. The zero-order valence-electron chi connectivity index (χ0n) is 16.7. The van der Waals surface area contributed by atoms with E-state index in [0.29, 0.717) is 37.6 Å². The Kier molecular flexibility index (Phi) is 6.17. The number of hydrogen-bond acceptors (Lipinski definition) is 7. The van der Waals surface area contributed by atoms with E-state index in [-0.39, 0.29) is 11.3 Å². The van der Waals surface area contributed by atoms with Gasteiger partial charge in [-0.25, -0.2) is 0 Å². The van der Waals surface area contributed by atoms with Gasteiger partial charge in [0.25, 0.3) is 11.7 Å². The number of methoxy groups -OCH3 is 1. The Morgan fingerprint density at radius 3 is 2.53 bits per heavy atom.